The molecule has 0 aliphatic carbocycles. The summed E-state index contributed by atoms with van der Waals surface area (Å²) in [5.74, 6) is 1.24. The van der Waals surface area contributed by atoms with E-state index in [1.807, 2.05) is 18.7 Å². The summed E-state index contributed by atoms with van der Waals surface area (Å²) in [6, 6.07) is 8.71. The van der Waals surface area contributed by atoms with Crippen molar-refractivity contribution in [1.82, 2.24) is 20.4 Å². The Balaban J connectivity index is 1.89. The molecule has 24 heavy (non-hydrogen) atoms. The van der Waals surface area contributed by atoms with Crippen LogP contribution in [0, 0.1) is 20.8 Å². The number of hydrogen-bond donors (Lipinski definition) is 2. The van der Waals surface area contributed by atoms with E-state index in [0.29, 0.717) is 5.92 Å². The molecular formula is C19H29N5. The lowest BCUT2D eigenvalue weighted by atomic mass is 10.0. The molecule has 2 rings (SSSR count). The van der Waals surface area contributed by atoms with Crippen LogP contribution in [0.25, 0.3) is 0 Å². The quantitative estimate of drug-likeness (QED) is 0.656. The summed E-state index contributed by atoms with van der Waals surface area (Å²) in [4.78, 5) is 4.32. The van der Waals surface area contributed by atoms with Crippen molar-refractivity contribution >= 4 is 5.96 Å². The van der Waals surface area contributed by atoms with Crippen LogP contribution in [-0.4, -0.2) is 29.3 Å². The Morgan fingerprint density at radius 3 is 2.38 bits per heavy atom. The number of aromatic nitrogens is 2. The lowest BCUT2D eigenvalue weighted by molar-refractivity contribution is 0.697. The monoisotopic (exact) mass is 327 g/mol. The van der Waals surface area contributed by atoms with E-state index in [1.54, 1.807) is 7.05 Å². The van der Waals surface area contributed by atoms with Gasteiger partial charge in [0.15, 0.2) is 5.96 Å². The van der Waals surface area contributed by atoms with Gasteiger partial charge in [0, 0.05) is 38.4 Å². The Bertz CT molecular complexity index is 697. The van der Waals surface area contributed by atoms with Crippen LogP contribution in [0.2, 0.25) is 0 Å². The van der Waals surface area contributed by atoms with E-state index in [9.17, 15) is 0 Å². The van der Waals surface area contributed by atoms with E-state index in [0.717, 1.165) is 24.7 Å². The van der Waals surface area contributed by atoms with Crippen LogP contribution in [0.5, 0.6) is 0 Å². The Morgan fingerprint density at radius 2 is 1.83 bits per heavy atom. The van der Waals surface area contributed by atoms with Crippen LogP contribution in [0.1, 0.15) is 40.9 Å². The zero-order valence-electron chi connectivity index (χ0n) is 15.6. The van der Waals surface area contributed by atoms with E-state index in [2.05, 4.69) is 65.8 Å². The van der Waals surface area contributed by atoms with Crippen molar-refractivity contribution in [2.75, 3.05) is 13.6 Å². The van der Waals surface area contributed by atoms with E-state index in [1.165, 1.54) is 22.4 Å². The van der Waals surface area contributed by atoms with Crippen LogP contribution in [-0.2, 0) is 13.6 Å². The summed E-state index contributed by atoms with van der Waals surface area (Å²) in [6.45, 7) is 10.0. The number of aliphatic imine (C=N–C) groups is 1. The molecule has 0 bridgehead atoms. The highest BCUT2D eigenvalue weighted by Gasteiger charge is 2.10. The van der Waals surface area contributed by atoms with E-state index in [-0.39, 0.29) is 0 Å². The molecule has 0 saturated carbocycles. The molecule has 5 heteroatoms. The summed E-state index contributed by atoms with van der Waals surface area (Å²) in [6.07, 6.45) is 0. The first-order valence-electron chi connectivity index (χ1n) is 8.42. The smallest absolute Gasteiger partial charge is 0.191 e. The van der Waals surface area contributed by atoms with E-state index in [4.69, 9.17) is 0 Å². The van der Waals surface area contributed by atoms with Crippen molar-refractivity contribution in [1.29, 1.82) is 0 Å². The maximum Gasteiger partial charge on any atom is 0.191 e. The van der Waals surface area contributed by atoms with Crippen molar-refractivity contribution < 1.29 is 0 Å². The highest BCUT2D eigenvalue weighted by molar-refractivity contribution is 5.79. The molecule has 2 N–H and O–H groups in total. The molecule has 130 valence electrons. The Morgan fingerprint density at radius 1 is 1.17 bits per heavy atom. The molecule has 5 nitrogen and oxygen atoms in total. The van der Waals surface area contributed by atoms with Gasteiger partial charge < -0.3 is 10.6 Å². The Labute approximate surface area is 145 Å². The molecule has 1 aromatic carbocycles. The summed E-state index contributed by atoms with van der Waals surface area (Å²) in [7, 11) is 3.77. The second kappa shape index (κ2) is 7.99. The highest BCUT2D eigenvalue weighted by Crippen LogP contribution is 2.15. The molecule has 1 aromatic heterocycles. The van der Waals surface area contributed by atoms with Gasteiger partial charge in [-0.2, -0.15) is 5.10 Å². The Hall–Kier alpha value is -2.30. The number of benzene rings is 1. The standard InChI is InChI=1S/C19H29N5/c1-13-7-9-17(10-8-13)14(2)11-21-19(20-5)22-12-18-15(3)23-24(6)16(18)4/h7-10,14H,11-12H2,1-6H3,(H2,20,21,22). The fraction of sp³-hybridized carbons (Fsp3) is 0.474. The summed E-state index contributed by atoms with van der Waals surface area (Å²) < 4.78 is 1.92. The Kier molecular flexibility index (Phi) is 6.01. The van der Waals surface area contributed by atoms with Crippen LogP contribution in [0.15, 0.2) is 29.3 Å². The van der Waals surface area contributed by atoms with Crippen molar-refractivity contribution in [3.8, 4) is 0 Å². The maximum absolute atomic E-state index is 4.45. The maximum atomic E-state index is 4.45. The first kappa shape index (κ1) is 18.0. The third kappa shape index (κ3) is 4.37. The van der Waals surface area contributed by atoms with Gasteiger partial charge in [-0.05, 0) is 32.3 Å². The zero-order chi connectivity index (χ0) is 17.7. The van der Waals surface area contributed by atoms with Crippen molar-refractivity contribution in [2.45, 2.75) is 40.2 Å². The van der Waals surface area contributed by atoms with E-state index >= 15 is 0 Å². The first-order valence-corrected chi connectivity index (χ1v) is 8.42. The van der Waals surface area contributed by atoms with Crippen LogP contribution in [0.3, 0.4) is 0 Å². The molecule has 0 spiro atoms. The van der Waals surface area contributed by atoms with Gasteiger partial charge in [0.05, 0.1) is 5.69 Å². The average molecular weight is 327 g/mol. The first-order chi connectivity index (χ1) is 11.4. The van der Waals surface area contributed by atoms with Crippen molar-refractivity contribution in [2.24, 2.45) is 12.0 Å². The molecule has 1 unspecified atom stereocenters. The predicted octanol–water partition coefficient (Wildman–Crippen LogP) is 2.81. The zero-order valence-corrected chi connectivity index (χ0v) is 15.6. The number of aryl methyl sites for hydroxylation is 3. The van der Waals surface area contributed by atoms with Crippen LogP contribution >= 0.6 is 0 Å². The average Bonchev–Trinajstić information content (AvgIpc) is 2.81. The van der Waals surface area contributed by atoms with Gasteiger partial charge >= 0.3 is 0 Å². The summed E-state index contributed by atoms with van der Waals surface area (Å²) in [5.41, 5.74) is 6.10. The second-order valence-corrected chi connectivity index (χ2v) is 6.39. The van der Waals surface area contributed by atoms with Gasteiger partial charge in [0.2, 0.25) is 0 Å². The molecule has 2 aromatic rings. The van der Waals surface area contributed by atoms with Crippen LogP contribution < -0.4 is 10.6 Å². The molecule has 0 aliphatic rings. The number of nitrogens with one attached hydrogen (secondary N) is 2. The van der Waals surface area contributed by atoms with Gasteiger partial charge in [-0.1, -0.05) is 36.8 Å². The fourth-order valence-corrected chi connectivity index (χ4v) is 2.73. The van der Waals surface area contributed by atoms with Crippen molar-refractivity contribution in [3.05, 3.63) is 52.3 Å². The minimum absolute atomic E-state index is 0.422. The van der Waals surface area contributed by atoms with Gasteiger partial charge in [-0.15, -0.1) is 0 Å². The summed E-state index contributed by atoms with van der Waals surface area (Å²) in [5, 5.41) is 11.2. The largest absolute Gasteiger partial charge is 0.356 e. The molecule has 0 amide bonds. The molecular weight excluding hydrogens is 298 g/mol. The third-order valence-electron chi connectivity index (χ3n) is 4.54. The minimum Gasteiger partial charge on any atom is -0.356 e. The normalized spacial score (nSPS) is 13.0. The number of rotatable bonds is 5. The number of guanidine groups is 1. The third-order valence-corrected chi connectivity index (χ3v) is 4.54. The number of nitrogens with zero attached hydrogens (tertiary/aromatic N) is 3. The molecule has 0 saturated heterocycles. The van der Waals surface area contributed by atoms with Gasteiger partial charge in [-0.3, -0.25) is 9.67 Å². The van der Waals surface area contributed by atoms with E-state index < -0.39 is 0 Å². The molecule has 1 heterocycles. The van der Waals surface area contributed by atoms with Gasteiger partial charge in [0.25, 0.3) is 0 Å². The molecule has 0 fully saturated rings. The second-order valence-electron chi connectivity index (χ2n) is 6.39. The van der Waals surface area contributed by atoms with Gasteiger partial charge in [-0.25, -0.2) is 0 Å². The molecule has 1 atom stereocenters. The lowest BCUT2D eigenvalue weighted by Gasteiger charge is -2.16. The molecule has 0 radical (unpaired) electrons. The van der Waals surface area contributed by atoms with Gasteiger partial charge in [0.1, 0.15) is 0 Å². The topological polar surface area (TPSA) is 54.2 Å². The molecule has 0 aliphatic heterocycles. The predicted molar refractivity (Wildman–Crippen MR) is 100 cm³/mol. The van der Waals surface area contributed by atoms with Crippen molar-refractivity contribution in [3.63, 3.8) is 0 Å². The number of hydrogen-bond acceptors (Lipinski definition) is 2. The SMILES string of the molecule is CN=C(NCc1c(C)nn(C)c1C)NCC(C)c1ccc(C)cc1. The summed E-state index contributed by atoms with van der Waals surface area (Å²) >= 11 is 0. The lowest BCUT2D eigenvalue weighted by Crippen LogP contribution is -2.38. The fourth-order valence-electron chi connectivity index (χ4n) is 2.73. The minimum atomic E-state index is 0.422. The highest BCUT2D eigenvalue weighted by atomic mass is 15.3. The van der Waals surface area contributed by atoms with Crippen LogP contribution in [0.4, 0.5) is 0 Å².